The Morgan fingerprint density at radius 3 is 2.16 bits per heavy atom. The monoisotopic (exact) mass is 1130 g/mol. The Balaban J connectivity index is 0.869. The molecule has 438 valence electrons. The number of rotatable bonds is 28. The predicted octanol–water partition coefficient (Wildman–Crippen LogP) is 3.39. The van der Waals surface area contributed by atoms with Crippen molar-refractivity contribution in [2.75, 3.05) is 61.3 Å². The Hall–Kier alpha value is -9.16. The first-order valence-electron chi connectivity index (χ1n) is 27.6. The van der Waals surface area contributed by atoms with E-state index in [9.17, 15) is 47.9 Å². The summed E-state index contributed by atoms with van der Waals surface area (Å²) in [5.41, 5.74) is 14.8. The first kappa shape index (κ1) is 62.0. The number of amides is 11. The second-order valence-electron chi connectivity index (χ2n) is 20.3. The zero-order chi connectivity index (χ0) is 59.1. The zero-order valence-corrected chi connectivity index (χ0v) is 46.5. The van der Waals surface area contributed by atoms with Gasteiger partial charge in [-0.3, -0.25) is 43.3 Å². The van der Waals surface area contributed by atoms with Gasteiger partial charge >= 0.3 is 12.1 Å². The van der Waals surface area contributed by atoms with E-state index in [4.69, 9.17) is 16.2 Å². The minimum Gasteiger partial charge on any atom is -0.445 e. The number of anilines is 3. The summed E-state index contributed by atoms with van der Waals surface area (Å²) in [6.07, 6.45) is 9.29. The van der Waals surface area contributed by atoms with Gasteiger partial charge in [0.15, 0.2) is 0 Å². The van der Waals surface area contributed by atoms with E-state index in [1.807, 2.05) is 13.0 Å². The summed E-state index contributed by atoms with van der Waals surface area (Å²) in [7, 11) is 0. The zero-order valence-electron chi connectivity index (χ0n) is 46.5. The first-order valence-corrected chi connectivity index (χ1v) is 27.6. The number of nitrogens with one attached hydrogen (secondary N) is 8. The number of pyridine rings is 1. The molecule has 0 bridgehead atoms. The number of nitrogens with two attached hydrogens (primary N) is 2. The third-order valence-electron chi connectivity index (χ3n) is 13.6. The van der Waals surface area contributed by atoms with Gasteiger partial charge in [-0.25, -0.2) is 19.6 Å². The number of hydrogen-bond donors (Lipinski definition) is 10. The number of imide groups is 1. The fraction of sp³-hybridized carbons (Fsp3) is 0.439. The van der Waals surface area contributed by atoms with Crippen LogP contribution in [0, 0.1) is 11.8 Å². The Morgan fingerprint density at radius 1 is 0.756 bits per heavy atom. The van der Waals surface area contributed by atoms with E-state index in [-0.39, 0.29) is 112 Å². The van der Waals surface area contributed by atoms with E-state index in [0.717, 1.165) is 11.3 Å². The minimum atomic E-state index is -1.06. The molecule has 0 aliphatic carbocycles. The summed E-state index contributed by atoms with van der Waals surface area (Å²) in [6.45, 7) is 7.81. The maximum Gasteiger partial charge on any atom is 0.407 e. The number of nitrogens with zero attached hydrogens (tertiary/aromatic N) is 4. The molecule has 1 fully saturated rings. The number of primary amides is 1. The summed E-state index contributed by atoms with van der Waals surface area (Å²) >= 11 is 0. The molecule has 4 heterocycles. The average Bonchev–Trinajstić information content (AvgIpc) is 3.74. The van der Waals surface area contributed by atoms with Crippen molar-refractivity contribution in [2.45, 2.75) is 104 Å². The number of carbonyl (C=O) groups excluding carboxylic acids is 10. The van der Waals surface area contributed by atoms with Crippen molar-refractivity contribution in [2.24, 2.45) is 28.3 Å². The van der Waals surface area contributed by atoms with E-state index in [1.54, 1.807) is 74.7 Å². The van der Waals surface area contributed by atoms with Crippen molar-refractivity contribution >= 4 is 94.2 Å². The molecule has 6 rings (SSSR count). The van der Waals surface area contributed by atoms with E-state index < -0.39 is 36.0 Å². The summed E-state index contributed by atoms with van der Waals surface area (Å²) < 4.78 is 5.35. The standard InChI is InChI=1S/C57H74N14O11/c1-4-23-60-52(76)40-30-38-13-14-39(31-44(38)67-45(58)32-40)53(77)66-42-17-18-46(64-33-42)70-28-21-37(22-29-70)51(75)61-25-26-63-57(81)82-34-36-11-15-41(16-12-36)65-54(78)43(9-8-24-62-56(59)80)68-55(79)50(35(2)3)69-47(72)10-6-5-7-27-71-48(73)19-20-49(71)74/h11-20,30-31,33,35,37,43,50H,4-10,21-29,32,34H2,1-3H3,(H2,58,67)(H,60,76)(H,61,75)(H,63,81)(H,65,78)(H,66,77)(H,68,79)(H,69,72)(H3,59,62,80)/t43-,50-/m0/s1. The lowest BCUT2D eigenvalue weighted by Crippen LogP contribution is -2.54. The molecule has 25 nitrogen and oxygen atoms in total. The molecular formula is C57H74N14O11. The van der Waals surface area contributed by atoms with Gasteiger partial charge < -0.3 is 63.6 Å². The lowest BCUT2D eigenvalue weighted by Gasteiger charge is -2.32. The summed E-state index contributed by atoms with van der Waals surface area (Å²) in [5, 5.41) is 22.0. The maximum absolute atomic E-state index is 13.6. The second kappa shape index (κ2) is 31.0. The highest BCUT2D eigenvalue weighted by Gasteiger charge is 2.30. The minimum absolute atomic E-state index is 0.0904. The van der Waals surface area contributed by atoms with E-state index in [2.05, 4.69) is 57.4 Å². The van der Waals surface area contributed by atoms with Gasteiger partial charge in [-0.15, -0.1) is 0 Å². The molecular weight excluding hydrogens is 1060 g/mol. The molecule has 0 spiro atoms. The van der Waals surface area contributed by atoms with Gasteiger partial charge in [-0.05, 0) is 98.9 Å². The van der Waals surface area contributed by atoms with Crippen LogP contribution in [0.5, 0.6) is 0 Å². The van der Waals surface area contributed by atoms with Crippen LogP contribution >= 0.6 is 0 Å². The highest BCUT2D eigenvalue weighted by molar-refractivity contribution is 6.13. The number of unbranched alkanes of at least 4 members (excludes halogenated alkanes) is 2. The van der Waals surface area contributed by atoms with Crippen LogP contribution in [0.25, 0.3) is 6.08 Å². The van der Waals surface area contributed by atoms with Crippen molar-refractivity contribution in [3.05, 3.63) is 95.2 Å². The van der Waals surface area contributed by atoms with Gasteiger partial charge in [0.25, 0.3) is 17.7 Å². The molecule has 25 heteroatoms. The van der Waals surface area contributed by atoms with Crippen molar-refractivity contribution < 1.29 is 52.7 Å². The molecule has 0 unspecified atom stereocenters. The molecule has 2 aromatic carbocycles. The van der Waals surface area contributed by atoms with E-state index in [0.29, 0.717) is 96.9 Å². The van der Waals surface area contributed by atoms with Gasteiger partial charge in [-0.1, -0.05) is 45.4 Å². The molecule has 82 heavy (non-hydrogen) atoms. The smallest absolute Gasteiger partial charge is 0.407 e. The van der Waals surface area contributed by atoms with Gasteiger partial charge in [0.2, 0.25) is 29.5 Å². The fourth-order valence-electron chi connectivity index (χ4n) is 9.07. The fourth-order valence-corrected chi connectivity index (χ4v) is 9.07. The molecule has 12 N–H and O–H groups in total. The third-order valence-corrected chi connectivity index (χ3v) is 13.6. The predicted molar refractivity (Wildman–Crippen MR) is 307 cm³/mol. The molecule has 2 atom stereocenters. The normalized spacial score (nSPS) is 14.7. The van der Waals surface area contributed by atoms with Crippen LogP contribution in [0.1, 0.15) is 106 Å². The molecule has 1 saturated heterocycles. The molecule has 3 aliphatic heterocycles. The number of hydrogen-bond acceptors (Lipinski definition) is 15. The number of urea groups is 1. The highest BCUT2D eigenvalue weighted by Crippen LogP contribution is 2.29. The van der Waals surface area contributed by atoms with E-state index in [1.165, 1.54) is 12.2 Å². The number of aliphatic imine (C=N–C) groups is 1. The van der Waals surface area contributed by atoms with Crippen LogP contribution < -0.4 is 58.9 Å². The molecule has 11 amide bonds. The van der Waals surface area contributed by atoms with Crippen LogP contribution in [-0.2, 0) is 44.9 Å². The largest absolute Gasteiger partial charge is 0.445 e. The molecule has 0 saturated carbocycles. The van der Waals surface area contributed by atoms with Crippen LogP contribution in [0.4, 0.5) is 32.5 Å². The topological polar surface area (TPSA) is 360 Å². The number of ether oxygens (including phenoxy) is 1. The van der Waals surface area contributed by atoms with Crippen LogP contribution in [0.3, 0.4) is 0 Å². The number of carbonyl (C=O) groups is 10. The van der Waals surface area contributed by atoms with E-state index >= 15 is 0 Å². The summed E-state index contributed by atoms with van der Waals surface area (Å²) in [4.78, 5) is 138. The maximum atomic E-state index is 13.6. The van der Waals surface area contributed by atoms with Crippen molar-refractivity contribution in [1.82, 2.24) is 41.8 Å². The number of aromatic nitrogens is 1. The second-order valence-corrected chi connectivity index (χ2v) is 20.3. The van der Waals surface area contributed by atoms with Crippen molar-refractivity contribution in [3.8, 4) is 0 Å². The van der Waals surface area contributed by atoms with Crippen LogP contribution in [0.15, 0.2) is 83.5 Å². The van der Waals surface area contributed by atoms with Crippen LogP contribution in [-0.4, -0.2) is 133 Å². The molecule has 3 aromatic rings. The molecule has 1 aromatic heterocycles. The third kappa shape index (κ3) is 19.3. The van der Waals surface area contributed by atoms with Crippen molar-refractivity contribution in [3.63, 3.8) is 0 Å². The number of piperidine rings is 1. The first-order chi connectivity index (χ1) is 39.4. The summed E-state index contributed by atoms with van der Waals surface area (Å²) in [5.74, 6) is -2.53. The number of amidine groups is 1. The number of alkyl carbamates (subject to hydrolysis) is 1. The Kier molecular flexibility index (Phi) is 23.5. The Labute approximate surface area is 475 Å². The lowest BCUT2D eigenvalue weighted by atomic mass is 9.96. The number of benzene rings is 2. The van der Waals surface area contributed by atoms with Crippen LogP contribution in [0.2, 0.25) is 0 Å². The number of fused-ring (bicyclic) bond motifs is 1. The SMILES string of the molecule is CCCNC(=O)C1=Cc2ccc(C(=O)Nc3ccc(N4CCC(C(=O)NCCNC(=O)OCc5ccc(NC(=O)[C@H](CCCNC(N)=O)NC(=O)[C@@H](NC(=O)CCCCCN6C(=O)C=CC6=O)C(C)C)cc5)CC4)nc3)cc2N=C(N)C1. The van der Waals surface area contributed by atoms with Crippen molar-refractivity contribution in [1.29, 1.82) is 0 Å². The Morgan fingerprint density at radius 2 is 1.48 bits per heavy atom. The summed E-state index contributed by atoms with van der Waals surface area (Å²) in [6, 6.07) is 12.3. The molecule has 3 aliphatic rings. The highest BCUT2D eigenvalue weighted by atomic mass is 16.5. The Bertz CT molecular complexity index is 2880. The molecule has 0 radical (unpaired) electrons. The van der Waals surface area contributed by atoms with Gasteiger partial charge in [0, 0.05) is 99.1 Å². The lowest BCUT2D eigenvalue weighted by molar-refractivity contribution is -0.137. The quantitative estimate of drug-likeness (QED) is 0.0368. The van der Waals surface area contributed by atoms with Gasteiger partial charge in [-0.2, -0.15) is 0 Å². The van der Waals surface area contributed by atoms with Gasteiger partial charge in [0.05, 0.1) is 17.6 Å². The average molecular weight is 1130 g/mol. The van der Waals surface area contributed by atoms with Gasteiger partial charge in [0.1, 0.15) is 30.3 Å².